The van der Waals surface area contributed by atoms with Gasteiger partial charge in [-0.2, -0.15) is 0 Å². The van der Waals surface area contributed by atoms with E-state index >= 15 is 0 Å². The summed E-state index contributed by atoms with van der Waals surface area (Å²) in [6.07, 6.45) is 0.304. The molecule has 0 radical (unpaired) electrons. The Bertz CT molecular complexity index is 119. The average molecular weight is 180 g/mol. The van der Waals surface area contributed by atoms with Crippen molar-refractivity contribution in [2.45, 2.75) is 26.4 Å². The predicted octanol–water partition coefficient (Wildman–Crippen LogP) is 1.75. The third-order valence-corrected chi connectivity index (χ3v) is 1.48. The van der Waals surface area contributed by atoms with Crippen LogP contribution < -0.4 is 5.32 Å². The Kier molecular flexibility index (Phi) is 6.03. The Balaban J connectivity index is 3.36. The summed E-state index contributed by atoms with van der Waals surface area (Å²) in [4.78, 5) is 10.8. The van der Waals surface area contributed by atoms with Crippen molar-refractivity contribution in [2.75, 3.05) is 12.4 Å². The summed E-state index contributed by atoms with van der Waals surface area (Å²) in [5.74, 6) is 0.333. The number of amides is 1. The molecule has 66 valence electrons. The summed E-state index contributed by atoms with van der Waals surface area (Å²) in [5.41, 5.74) is 0. The van der Waals surface area contributed by atoms with E-state index in [0.717, 1.165) is 6.42 Å². The van der Waals surface area contributed by atoms with Crippen LogP contribution in [0.4, 0.5) is 4.79 Å². The minimum Gasteiger partial charge on any atom is -0.445 e. The lowest BCUT2D eigenvalue weighted by molar-refractivity contribution is 0.117. The summed E-state index contributed by atoms with van der Waals surface area (Å²) in [6, 6.07) is 0. The van der Waals surface area contributed by atoms with E-state index in [-0.39, 0.29) is 12.2 Å². The molecule has 11 heavy (non-hydrogen) atoms. The zero-order valence-corrected chi connectivity index (χ0v) is 7.65. The SMILES string of the molecule is CCCNC(=O)OC(C)CCl. The van der Waals surface area contributed by atoms with Crippen LogP contribution in [0.25, 0.3) is 0 Å². The first-order chi connectivity index (χ1) is 5.20. The summed E-state index contributed by atoms with van der Waals surface area (Å²) in [5, 5.41) is 2.58. The van der Waals surface area contributed by atoms with Gasteiger partial charge >= 0.3 is 6.09 Å². The number of ether oxygens (including phenoxy) is 1. The van der Waals surface area contributed by atoms with Gasteiger partial charge in [-0.05, 0) is 13.3 Å². The Morgan fingerprint density at radius 3 is 2.82 bits per heavy atom. The average Bonchev–Trinajstić information content (AvgIpc) is 2.00. The molecule has 1 atom stereocenters. The number of alkyl carbamates (subject to hydrolysis) is 1. The molecule has 0 saturated carbocycles. The lowest BCUT2D eigenvalue weighted by Crippen LogP contribution is -2.28. The molecule has 1 unspecified atom stereocenters. The molecule has 3 nitrogen and oxygen atoms in total. The van der Waals surface area contributed by atoms with Crippen LogP contribution in [-0.4, -0.2) is 24.6 Å². The minimum atomic E-state index is -0.389. The first-order valence-electron chi connectivity index (χ1n) is 3.71. The van der Waals surface area contributed by atoms with Crippen molar-refractivity contribution in [1.29, 1.82) is 0 Å². The monoisotopic (exact) mass is 179 g/mol. The lowest BCUT2D eigenvalue weighted by atomic mass is 10.5. The summed E-state index contributed by atoms with van der Waals surface area (Å²) in [6.45, 7) is 4.37. The minimum absolute atomic E-state index is 0.214. The van der Waals surface area contributed by atoms with Crippen LogP contribution in [0.1, 0.15) is 20.3 Å². The van der Waals surface area contributed by atoms with Gasteiger partial charge in [-0.1, -0.05) is 6.92 Å². The maximum atomic E-state index is 10.8. The van der Waals surface area contributed by atoms with Crippen molar-refractivity contribution < 1.29 is 9.53 Å². The molecule has 0 aromatic rings. The molecular weight excluding hydrogens is 166 g/mol. The predicted molar refractivity (Wildman–Crippen MR) is 45.0 cm³/mol. The van der Waals surface area contributed by atoms with Gasteiger partial charge in [0.25, 0.3) is 0 Å². The van der Waals surface area contributed by atoms with Crippen LogP contribution in [0.2, 0.25) is 0 Å². The van der Waals surface area contributed by atoms with Crippen LogP contribution in [0.3, 0.4) is 0 Å². The topological polar surface area (TPSA) is 38.3 Å². The van der Waals surface area contributed by atoms with Gasteiger partial charge in [0.05, 0.1) is 5.88 Å². The fourth-order valence-corrected chi connectivity index (χ4v) is 0.546. The Morgan fingerprint density at radius 1 is 1.73 bits per heavy atom. The molecule has 0 aliphatic heterocycles. The molecule has 0 saturated heterocycles. The van der Waals surface area contributed by atoms with Crippen molar-refractivity contribution in [1.82, 2.24) is 5.32 Å². The van der Waals surface area contributed by atoms with Crippen molar-refractivity contribution >= 4 is 17.7 Å². The molecule has 1 amide bonds. The van der Waals surface area contributed by atoms with Gasteiger partial charge in [0.15, 0.2) is 0 Å². The molecule has 0 spiro atoms. The van der Waals surface area contributed by atoms with Crippen LogP contribution >= 0.6 is 11.6 Å². The Hall–Kier alpha value is -0.440. The van der Waals surface area contributed by atoms with Crippen molar-refractivity contribution in [3.05, 3.63) is 0 Å². The molecule has 0 aromatic heterocycles. The second-order valence-corrected chi connectivity index (χ2v) is 2.61. The highest BCUT2D eigenvalue weighted by molar-refractivity contribution is 6.18. The number of halogens is 1. The van der Waals surface area contributed by atoms with Gasteiger partial charge in [0.2, 0.25) is 0 Å². The first-order valence-corrected chi connectivity index (χ1v) is 4.24. The molecule has 0 rings (SSSR count). The summed E-state index contributed by atoms with van der Waals surface area (Å²) >= 11 is 5.43. The normalized spacial score (nSPS) is 12.3. The smallest absolute Gasteiger partial charge is 0.407 e. The van der Waals surface area contributed by atoms with E-state index in [1.807, 2.05) is 6.92 Å². The molecule has 0 aliphatic carbocycles. The first kappa shape index (κ1) is 10.6. The maximum Gasteiger partial charge on any atom is 0.407 e. The molecular formula is C7H14ClNO2. The van der Waals surface area contributed by atoms with Crippen molar-refractivity contribution in [3.63, 3.8) is 0 Å². The van der Waals surface area contributed by atoms with Crippen LogP contribution in [0.15, 0.2) is 0 Å². The van der Waals surface area contributed by atoms with Gasteiger partial charge in [0.1, 0.15) is 6.10 Å². The van der Waals surface area contributed by atoms with Gasteiger partial charge in [-0.15, -0.1) is 11.6 Å². The molecule has 1 N–H and O–H groups in total. The number of carbonyl (C=O) groups is 1. The van der Waals surface area contributed by atoms with Crippen molar-refractivity contribution in [3.8, 4) is 0 Å². The van der Waals surface area contributed by atoms with Gasteiger partial charge in [-0.3, -0.25) is 0 Å². The van der Waals surface area contributed by atoms with Crippen LogP contribution in [0, 0.1) is 0 Å². The Morgan fingerprint density at radius 2 is 2.36 bits per heavy atom. The van der Waals surface area contributed by atoms with E-state index in [4.69, 9.17) is 16.3 Å². The highest BCUT2D eigenvalue weighted by atomic mass is 35.5. The van der Waals surface area contributed by atoms with Gasteiger partial charge < -0.3 is 10.1 Å². The van der Waals surface area contributed by atoms with E-state index in [1.165, 1.54) is 0 Å². The number of carbonyl (C=O) groups excluding carboxylic acids is 1. The molecule has 0 aliphatic rings. The third kappa shape index (κ3) is 5.98. The molecule has 0 fully saturated rings. The van der Waals surface area contributed by atoms with E-state index in [9.17, 15) is 4.79 Å². The maximum absolute atomic E-state index is 10.8. The molecule has 0 aromatic carbocycles. The van der Waals surface area contributed by atoms with E-state index in [1.54, 1.807) is 6.92 Å². The number of rotatable bonds is 4. The number of alkyl halides is 1. The fourth-order valence-electron chi connectivity index (χ4n) is 0.483. The van der Waals surface area contributed by atoms with E-state index < -0.39 is 0 Å². The van der Waals surface area contributed by atoms with E-state index in [2.05, 4.69) is 5.32 Å². The number of nitrogens with one attached hydrogen (secondary N) is 1. The van der Waals surface area contributed by atoms with Crippen LogP contribution in [0.5, 0.6) is 0 Å². The highest BCUT2D eigenvalue weighted by Gasteiger charge is 2.05. The molecule has 0 heterocycles. The lowest BCUT2D eigenvalue weighted by Gasteiger charge is -2.09. The zero-order valence-electron chi connectivity index (χ0n) is 6.89. The van der Waals surface area contributed by atoms with Gasteiger partial charge in [-0.25, -0.2) is 4.79 Å². The quantitative estimate of drug-likeness (QED) is 0.668. The fraction of sp³-hybridized carbons (Fsp3) is 0.857. The zero-order chi connectivity index (χ0) is 8.69. The number of hydrogen-bond acceptors (Lipinski definition) is 2. The molecule has 4 heteroatoms. The standard InChI is InChI=1S/C7H14ClNO2/c1-3-4-9-7(10)11-6(2)5-8/h6H,3-5H2,1-2H3,(H,9,10). The summed E-state index contributed by atoms with van der Waals surface area (Å²) in [7, 11) is 0. The van der Waals surface area contributed by atoms with Gasteiger partial charge in [0, 0.05) is 6.54 Å². The number of hydrogen-bond donors (Lipinski definition) is 1. The van der Waals surface area contributed by atoms with Crippen molar-refractivity contribution in [2.24, 2.45) is 0 Å². The highest BCUT2D eigenvalue weighted by Crippen LogP contribution is 1.93. The third-order valence-electron chi connectivity index (χ3n) is 1.04. The second kappa shape index (κ2) is 6.28. The van der Waals surface area contributed by atoms with Crippen LogP contribution in [-0.2, 0) is 4.74 Å². The second-order valence-electron chi connectivity index (χ2n) is 2.30. The summed E-state index contributed by atoms with van der Waals surface area (Å²) < 4.78 is 4.82. The Labute approximate surface area is 72.1 Å². The van der Waals surface area contributed by atoms with E-state index in [0.29, 0.717) is 12.4 Å². The largest absolute Gasteiger partial charge is 0.445 e. The molecule has 0 bridgehead atoms.